The number of carbonyl (C=O) groups is 4. The Morgan fingerprint density at radius 3 is 1.27 bits per heavy atom. The van der Waals surface area contributed by atoms with Crippen LogP contribution in [0, 0.1) is 0 Å². The Kier molecular flexibility index (Phi) is 3.94. The number of carbonyl (C=O) groups excluding carboxylic acids is 2. The van der Waals surface area contributed by atoms with Crippen LogP contribution in [0.2, 0.25) is 0 Å². The van der Waals surface area contributed by atoms with Crippen LogP contribution in [0.15, 0.2) is 24.3 Å². The summed E-state index contributed by atoms with van der Waals surface area (Å²) in [5.41, 5.74) is -1.97. The molecule has 0 aliphatic carbocycles. The molecule has 0 aromatic rings. The maximum atomic E-state index is 10.8. The van der Waals surface area contributed by atoms with Crippen molar-refractivity contribution in [2.75, 3.05) is 0 Å². The Hall–Kier alpha value is -2.44. The lowest BCUT2D eigenvalue weighted by atomic mass is 10.3. The molecule has 0 unspecified atom stereocenters. The maximum Gasteiger partial charge on any atom is 0.352 e. The summed E-state index contributed by atoms with van der Waals surface area (Å²) < 4.78 is 3.86. The molecule has 0 aliphatic heterocycles. The van der Waals surface area contributed by atoms with Gasteiger partial charge in [0.05, 0.1) is 0 Å². The minimum atomic E-state index is -1.67. The molecule has 0 amide bonds. The van der Waals surface area contributed by atoms with Gasteiger partial charge in [-0.25, -0.2) is 19.2 Å². The first-order valence-electron chi connectivity index (χ1n) is 3.38. The number of carboxylic acids is 2. The number of hydrogen-bond acceptors (Lipinski definition) is 5. The van der Waals surface area contributed by atoms with Crippen molar-refractivity contribution in [2.45, 2.75) is 0 Å². The highest BCUT2D eigenvalue weighted by Crippen LogP contribution is 2.00. The van der Waals surface area contributed by atoms with Gasteiger partial charge in [0.25, 0.3) is 0 Å². The number of carboxylic acid groups (broad SMARTS) is 2. The highest BCUT2D eigenvalue weighted by atomic mass is 16.6. The molecule has 0 aliphatic rings. The smallest absolute Gasteiger partial charge is 0.352 e. The van der Waals surface area contributed by atoms with E-state index in [1.165, 1.54) is 0 Å². The van der Waals surface area contributed by atoms with Crippen LogP contribution in [0.4, 0.5) is 0 Å². The van der Waals surface area contributed by atoms with E-state index in [0.29, 0.717) is 0 Å². The van der Waals surface area contributed by atoms with Crippen LogP contribution in [-0.2, 0) is 23.9 Å². The van der Waals surface area contributed by atoms with Crippen LogP contribution < -0.4 is 0 Å². The van der Waals surface area contributed by atoms with Gasteiger partial charge in [-0.2, -0.15) is 0 Å². The van der Waals surface area contributed by atoms with Gasteiger partial charge in [0.15, 0.2) is 0 Å². The van der Waals surface area contributed by atoms with Crippen LogP contribution in [0.25, 0.3) is 0 Å². The fraction of sp³-hybridized carbons (Fsp3) is 0. The van der Waals surface area contributed by atoms with E-state index in [1.807, 2.05) is 0 Å². The third-order valence-corrected chi connectivity index (χ3v) is 1.19. The molecule has 0 aromatic heterocycles. The Labute approximate surface area is 83.3 Å². The largest absolute Gasteiger partial charge is 0.477 e. The lowest BCUT2D eigenvalue weighted by Gasteiger charge is -2.01. The molecule has 0 saturated heterocycles. The summed E-state index contributed by atoms with van der Waals surface area (Å²) in [6.07, 6.45) is 0. The van der Waals surface area contributed by atoms with Crippen LogP contribution in [0.3, 0.4) is 0 Å². The van der Waals surface area contributed by atoms with E-state index in [9.17, 15) is 19.2 Å². The zero-order valence-electron chi connectivity index (χ0n) is 7.35. The first-order chi connectivity index (χ1) is 6.77. The van der Waals surface area contributed by atoms with Crippen molar-refractivity contribution in [1.82, 2.24) is 0 Å². The Balaban J connectivity index is 4.51. The minimum absolute atomic E-state index is 0.985. The summed E-state index contributed by atoms with van der Waals surface area (Å²) in [7, 11) is 0. The highest BCUT2D eigenvalue weighted by Gasteiger charge is 2.23. The van der Waals surface area contributed by atoms with Crippen LogP contribution in [0.1, 0.15) is 0 Å². The first-order valence-corrected chi connectivity index (χ1v) is 3.38. The molecule has 0 bridgehead atoms. The topological polar surface area (TPSA) is 118 Å². The predicted octanol–water partition coefficient (Wildman–Crippen LogP) is -0.662. The van der Waals surface area contributed by atoms with E-state index < -0.39 is 35.0 Å². The standard InChI is InChI=1S/C8H6O7/c1-3(5(9)10)7(13)15-8(14)4(2)6(11)12/h1-2H2,(H,9,10)(H,11,12). The molecule has 0 spiro atoms. The molecule has 0 atom stereocenters. The SMILES string of the molecule is C=C(C(=O)O)C(=O)OC(=O)C(=C)C(=O)O. The van der Waals surface area contributed by atoms with E-state index in [-0.39, 0.29) is 0 Å². The average Bonchev–Trinajstić information content (AvgIpc) is 2.14. The summed E-state index contributed by atoms with van der Waals surface area (Å²) >= 11 is 0. The van der Waals surface area contributed by atoms with E-state index >= 15 is 0 Å². The normalized spacial score (nSPS) is 8.80. The van der Waals surface area contributed by atoms with Crippen molar-refractivity contribution in [1.29, 1.82) is 0 Å². The quantitative estimate of drug-likeness (QED) is 0.276. The van der Waals surface area contributed by atoms with Crippen molar-refractivity contribution < 1.29 is 34.1 Å². The summed E-state index contributed by atoms with van der Waals surface area (Å²) in [4.78, 5) is 41.9. The fourth-order valence-electron chi connectivity index (χ4n) is 0.382. The molecule has 80 valence electrons. The van der Waals surface area contributed by atoms with Crippen molar-refractivity contribution in [3.8, 4) is 0 Å². The third kappa shape index (κ3) is 3.43. The zero-order valence-corrected chi connectivity index (χ0v) is 7.35. The van der Waals surface area contributed by atoms with Crippen LogP contribution >= 0.6 is 0 Å². The van der Waals surface area contributed by atoms with Gasteiger partial charge in [-0.05, 0) is 0 Å². The monoisotopic (exact) mass is 214 g/mol. The average molecular weight is 214 g/mol. The van der Waals surface area contributed by atoms with Crippen molar-refractivity contribution in [3.05, 3.63) is 24.3 Å². The summed E-state index contributed by atoms with van der Waals surface area (Å²) in [6.45, 7) is 5.62. The van der Waals surface area contributed by atoms with Gasteiger partial charge < -0.3 is 14.9 Å². The lowest BCUT2D eigenvalue weighted by molar-refractivity contribution is -0.156. The number of aliphatic carboxylic acids is 2. The summed E-state index contributed by atoms with van der Waals surface area (Å²) in [5, 5.41) is 16.5. The van der Waals surface area contributed by atoms with E-state index in [4.69, 9.17) is 10.2 Å². The van der Waals surface area contributed by atoms with Crippen LogP contribution in [-0.4, -0.2) is 34.1 Å². The summed E-state index contributed by atoms with van der Waals surface area (Å²) in [6, 6.07) is 0. The number of ether oxygens (including phenoxy) is 1. The molecule has 0 fully saturated rings. The second-order valence-electron chi connectivity index (χ2n) is 2.24. The van der Waals surface area contributed by atoms with E-state index in [0.717, 1.165) is 0 Å². The Morgan fingerprint density at radius 2 is 1.07 bits per heavy atom. The molecule has 15 heavy (non-hydrogen) atoms. The zero-order chi connectivity index (χ0) is 12.2. The van der Waals surface area contributed by atoms with Crippen molar-refractivity contribution in [2.24, 2.45) is 0 Å². The van der Waals surface area contributed by atoms with E-state index in [1.54, 1.807) is 0 Å². The van der Waals surface area contributed by atoms with Crippen LogP contribution in [0.5, 0.6) is 0 Å². The highest BCUT2D eigenvalue weighted by molar-refractivity contribution is 6.20. The molecule has 0 rings (SSSR count). The molecule has 2 N–H and O–H groups in total. The number of esters is 2. The second kappa shape index (κ2) is 4.70. The number of rotatable bonds is 4. The van der Waals surface area contributed by atoms with E-state index in [2.05, 4.69) is 17.9 Å². The van der Waals surface area contributed by atoms with Gasteiger partial charge in [0.1, 0.15) is 11.1 Å². The molecule has 0 saturated carbocycles. The third-order valence-electron chi connectivity index (χ3n) is 1.19. The Bertz CT molecular complexity index is 340. The first kappa shape index (κ1) is 12.6. The molecular weight excluding hydrogens is 208 g/mol. The minimum Gasteiger partial charge on any atom is -0.477 e. The molecule has 7 heteroatoms. The molecule has 0 aromatic carbocycles. The summed E-state index contributed by atoms with van der Waals surface area (Å²) in [5.74, 6) is -6.41. The van der Waals surface area contributed by atoms with Gasteiger partial charge in [0, 0.05) is 0 Å². The predicted molar refractivity (Wildman–Crippen MR) is 44.7 cm³/mol. The van der Waals surface area contributed by atoms with Gasteiger partial charge in [0.2, 0.25) is 0 Å². The van der Waals surface area contributed by atoms with Gasteiger partial charge in [-0.15, -0.1) is 0 Å². The van der Waals surface area contributed by atoms with Crippen molar-refractivity contribution >= 4 is 23.9 Å². The maximum absolute atomic E-state index is 10.8. The Morgan fingerprint density at radius 1 is 0.800 bits per heavy atom. The molecule has 7 nitrogen and oxygen atoms in total. The van der Waals surface area contributed by atoms with Gasteiger partial charge in [-0.1, -0.05) is 13.2 Å². The van der Waals surface area contributed by atoms with Gasteiger partial charge >= 0.3 is 23.9 Å². The molecular formula is C8H6O7. The molecule has 0 heterocycles. The molecule has 0 radical (unpaired) electrons. The lowest BCUT2D eigenvalue weighted by Crippen LogP contribution is -2.21. The number of hydrogen-bond donors (Lipinski definition) is 2. The van der Waals surface area contributed by atoms with Crippen molar-refractivity contribution in [3.63, 3.8) is 0 Å². The second-order valence-corrected chi connectivity index (χ2v) is 2.24. The van der Waals surface area contributed by atoms with Gasteiger partial charge in [-0.3, -0.25) is 0 Å². The fourth-order valence-corrected chi connectivity index (χ4v) is 0.382.